The zero-order valence-corrected chi connectivity index (χ0v) is 25.9. The molecule has 1 aliphatic rings. The van der Waals surface area contributed by atoms with Gasteiger partial charge in [0, 0.05) is 25.4 Å². The molecule has 0 bridgehead atoms. The van der Waals surface area contributed by atoms with E-state index in [2.05, 4.69) is 5.32 Å². The number of aryl methyl sites for hydroxylation is 1. The highest BCUT2D eigenvalue weighted by Gasteiger charge is 2.32. The van der Waals surface area contributed by atoms with Gasteiger partial charge in [-0.1, -0.05) is 78.5 Å². The Morgan fingerprint density at radius 3 is 2.24 bits per heavy atom. The van der Waals surface area contributed by atoms with Crippen LogP contribution in [0.3, 0.4) is 0 Å². The number of hydrogen-bond acceptors (Lipinski definition) is 4. The SMILES string of the molecule is CCOc1ccc(CCC(=O)N(Cc2ccc(Cl)c(Cl)c2)[C@H](Cc2ccccc2)C(=O)NC2CCCC2)cc1OCC. The molecule has 1 fully saturated rings. The van der Waals surface area contributed by atoms with Crippen molar-refractivity contribution in [2.24, 2.45) is 0 Å². The van der Waals surface area contributed by atoms with E-state index in [-0.39, 0.29) is 30.8 Å². The maximum absolute atomic E-state index is 14.1. The number of halogens is 2. The predicted octanol–water partition coefficient (Wildman–Crippen LogP) is 7.42. The lowest BCUT2D eigenvalue weighted by Crippen LogP contribution is -2.52. The Labute approximate surface area is 259 Å². The Morgan fingerprint density at radius 2 is 1.55 bits per heavy atom. The van der Waals surface area contributed by atoms with Gasteiger partial charge in [0.25, 0.3) is 0 Å². The molecular formula is C34H40Cl2N2O4. The monoisotopic (exact) mass is 610 g/mol. The van der Waals surface area contributed by atoms with Crippen molar-refractivity contribution in [2.75, 3.05) is 13.2 Å². The molecule has 3 aromatic carbocycles. The van der Waals surface area contributed by atoms with E-state index in [1.807, 2.05) is 68.4 Å². The number of benzene rings is 3. The summed E-state index contributed by atoms with van der Waals surface area (Å²) in [6.45, 7) is 5.14. The number of nitrogens with zero attached hydrogens (tertiary/aromatic N) is 1. The summed E-state index contributed by atoms with van der Waals surface area (Å²) in [5.41, 5.74) is 2.76. The highest BCUT2D eigenvalue weighted by Crippen LogP contribution is 2.30. The Kier molecular flexibility index (Phi) is 12.0. The molecule has 0 aliphatic heterocycles. The molecular weight excluding hydrogens is 571 g/mol. The fourth-order valence-corrected chi connectivity index (χ4v) is 5.72. The van der Waals surface area contributed by atoms with Crippen molar-refractivity contribution < 1.29 is 19.1 Å². The first-order valence-corrected chi connectivity index (χ1v) is 15.6. The highest BCUT2D eigenvalue weighted by atomic mass is 35.5. The van der Waals surface area contributed by atoms with Crippen molar-refractivity contribution in [3.8, 4) is 11.5 Å². The Bertz CT molecular complexity index is 1330. The zero-order valence-electron chi connectivity index (χ0n) is 24.4. The van der Waals surface area contributed by atoms with Crippen LogP contribution < -0.4 is 14.8 Å². The quantitative estimate of drug-likeness (QED) is 0.206. The fourth-order valence-electron chi connectivity index (χ4n) is 5.40. The smallest absolute Gasteiger partial charge is 0.243 e. The summed E-state index contributed by atoms with van der Waals surface area (Å²) in [6, 6.07) is 20.4. The topological polar surface area (TPSA) is 67.9 Å². The van der Waals surface area contributed by atoms with Gasteiger partial charge in [-0.2, -0.15) is 0 Å². The van der Waals surface area contributed by atoms with Crippen molar-refractivity contribution in [3.05, 3.63) is 93.5 Å². The van der Waals surface area contributed by atoms with Gasteiger partial charge in [0.2, 0.25) is 11.8 Å². The molecule has 8 heteroatoms. The van der Waals surface area contributed by atoms with Crippen LogP contribution in [0.2, 0.25) is 10.0 Å². The molecule has 224 valence electrons. The van der Waals surface area contributed by atoms with Crippen LogP contribution in [0.25, 0.3) is 0 Å². The molecule has 3 aromatic rings. The number of carbonyl (C=O) groups is 2. The molecule has 2 amide bonds. The normalized spacial score (nSPS) is 13.9. The minimum atomic E-state index is -0.686. The number of hydrogen-bond donors (Lipinski definition) is 1. The first kappa shape index (κ1) is 31.7. The van der Waals surface area contributed by atoms with Crippen molar-refractivity contribution >= 4 is 35.0 Å². The van der Waals surface area contributed by atoms with E-state index in [1.165, 1.54) is 0 Å². The van der Waals surface area contributed by atoms with Crippen molar-refractivity contribution in [3.63, 3.8) is 0 Å². The molecule has 1 N–H and O–H groups in total. The van der Waals surface area contributed by atoms with Gasteiger partial charge in [-0.25, -0.2) is 0 Å². The van der Waals surface area contributed by atoms with Gasteiger partial charge < -0.3 is 19.7 Å². The number of carbonyl (C=O) groups excluding carboxylic acids is 2. The van der Waals surface area contributed by atoms with Gasteiger partial charge in [0.05, 0.1) is 23.3 Å². The summed E-state index contributed by atoms with van der Waals surface area (Å²) in [4.78, 5) is 29.6. The molecule has 0 unspecified atom stereocenters. The van der Waals surface area contributed by atoms with Gasteiger partial charge in [0.15, 0.2) is 11.5 Å². The summed E-state index contributed by atoms with van der Waals surface area (Å²) in [5.74, 6) is 1.10. The maximum Gasteiger partial charge on any atom is 0.243 e. The van der Waals surface area contributed by atoms with Gasteiger partial charge in [0.1, 0.15) is 6.04 Å². The number of rotatable bonds is 14. The summed E-state index contributed by atoms with van der Waals surface area (Å²) < 4.78 is 11.5. The lowest BCUT2D eigenvalue weighted by Gasteiger charge is -2.32. The van der Waals surface area contributed by atoms with Crippen LogP contribution in [0.15, 0.2) is 66.7 Å². The minimum Gasteiger partial charge on any atom is -0.490 e. The highest BCUT2D eigenvalue weighted by molar-refractivity contribution is 6.42. The molecule has 0 radical (unpaired) electrons. The van der Waals surface area contributed by atoms with Crippen molar-refractivity contribution in [2.45, 2.75) is 77.4 Å². The van der Waals surface area contributed by atoms with E-state index in [0.29, 0.717) is 47.6 Å². The minimum absolute atomic E-state index is 0.115. The second-order valence-corrected chi connectivity index (χ2v) is 11.4. The molecule has 6 nitrogen and oxygen atoms in total. The second-order valence-electron chi connectivity index (χ2n) is 10.6. The summed E-state index contributed by atoms with van der Waals surface area (Å²) in [6.07, 6.45) is 5.26. The molecule has 1 aliphatic carbocycles. The van der Waals surface area contributed by atoms with Gasteiger partial charge in [-0.3, -0.25) is 9.59 Å². The maximum atomic E-state index is 14.1. The van der Waals surface area contributed by atoms with E-state index < -0.39 is 6.04 Å². The molecule has 4 rings (SSSR count). The first-order chi connectivity index (χ1) is 20.4. The summed E-state index contributed by atoms with van der Waals surface area (Å²) >= 11 is 12.5. The molecule has 0 aromatic heterocycles. The van der Waals surface area contributed by atoms with Crippen LogP contribution in [0.5, 0.6) is 11.5 Å². The van der Waals surface area contributed by atoms with Crippen LogP contribution in [0, 0.1) is 0 Å². The Morgan fingerprint density at radius 1 is 0.857 bits per heavy atom. The molecule has 0 heterocycles. The average molecular weight is 612 g/mol. The number of amides is 2. The fraction of sp³-hybridized carbons (Fsp3) is 0.412. The van der Waals surface area contributed by atoms with E-state index >= 15 is 0 Å². The van der Waals surface area contributed by atoms with E-state index in [9.17, 15) is 9.59 Å². The Balaban J connectivity index is 1.61. The van der Waals surface area contributed by atoms with E-state index in [1.54, 1.807) is 17.0 Å². The molecule has 0 spiro atoms. The predicted molar refractivity (Wildman–Crippen MR) is 168 cm³/mol. The van der Waals surface area contributed by atoms with Gasteiger partial charge in [-0.05, 0) is 74.1 Å². The van der Waals surface area contributed by atoms with Crippen LogP contribution >= 0.6 is 23.2 Å². The first-order valence-electron chi connectivity index (χ1n) is 14.8. The number of ether oxygens (including phenoxy) is 2. The summed E-state index contributed by atoms with van der Waals surface area (Å²) in [7, 11) is 0. The molecule has 0 saturated heterocycles. The summed E-state index contributed by atoms with van der Waals surface area (Å²) in [5, 5.41) is 4.10. The van der Waals surface area contributed by atoms with Crippen molar-refractivity contribution in [1.82, 2.24) is 10.2 Å². The second kappa shape index (κ2) is 15.9. The largest absolute Gasteiger partial charge is 0.490 e. The van der Waals surface area contributed by atoms with Gasteiger partial charge in [-0.15, -0.1) is 0 Å². The third-order valence-electron chi connectivity index (χ3n) is 7.54. The lowest BCUT2D eigenvalue weighted by atomic mass is 10.0. The zero-order chi connectivity index (χ0) is 29.9. The average Bonchev–Trinajstić information content (AvgIpc) is 3.50. The van der Waals surface area contributed by atoms with E-state index in [0.717, 1.165) is 42.4 Å². The third kappa shape index (κ3) is 8.89. The van der Waals surface area contributed by atoms with Crippen LogP contribution in [0.1, 0.15) is 62.6 Å². The van der Waals surface area contributed by atoms with Crippen LogP contribution in [-0.2, 0) is 29.0 Å². The lowest BCUT2D eigenvalue weighted by molar-refractivity contribution is -0.141. The van der Waals surface area contributed by atoms with Gasteiger partial charge >= 0.3 is 0 Å². The molecule has 42 heavy (non-hydrogen) atoms. The third-order valence-corrected chi connectivity index (χ3v) is 8.28. The van der Waals surface area contributed by atoms with Crippen LogP contribution in [0.4, 0.5) is 0 Å². The molecule has 1 atom stereocenters. The Hall–Kier alpha value is -3.22. The van der Waals surface area contributed by atoms with E-state index in [4.69, 9.17) is 32.7 Å². The molecule has 1 saturated carbocycles. The van der Waals surface area contributed by atoms with Crippen LogP contribution in [-0.4, -0.2) is 42.0 Å². The van der Waals surface area contributed by atoms with Crippen molar-refractivity contribution in [1.29, 1.82) is 0 Å². The number of nitrogens with one attached hydrogen (secondary N) is 1. The standard InChI is InChI=1S/C34H40Cl2N2O4/c1-3-41-31-18-15-25(22-32(31)42-4-2)16-19-33(39)38(23-26-14-17-28(35)29(36)20-26)30(21-24-10-6-5-7-11-24)34(40)37-27-12-8-9-13-27/h5-7,10-11,14-15,17-18,20,22,27,30H,3-4,8-9,12-13,16,19,21,23H2,1-2H3,(H,37,40)/t30-/m1/s1.